The summed E-state index contributed by atoms with van der Waals surface area (Å²) in [6.07, 6.45) is 0. The molecule has 1 amide bonds. The lowest BCUT2D eigenvalue weighted by atomic mass is 10.1. The van der Waals surface area contributed by atoms with Crippen LogP contribution in [-0.2, 0) is 6.54 Å². The van der Waals surface area contributed by atoms with Gasteiger partial charge in [-0.2, -0.15) is 4.98 Å². The van der Waals surface area contributed by atoms with Gasteiger partial charge in [-0.3, -0.25) is 4.79 Å². The van der Waals surface area contributed by atoms with Gasteiger partial charge in [-0.25, -0.2) is 0 Å². The SMILES string of the molecule is COc1cccc(-c2cc(C(=O)NCc3nc(-c4cccs4)no3)no2)c1. The molecule has 3 aromatic heterocycles. The van der Waals surface area contributed by atoms with Crippen molar-refractivity contribution in [2.45, 2.75) is 6.54 Å². The Bertz CT molecular complexity index is 1050. The highest BCUT2D eigenvalue weighted by Crippen LogP contribution is 2.24. The molecule has 27 heavy (non-hydrogen) atoms. The number of amides is 1. The zero-order valence-corrected chi connectivity index (χ0v) is 15.0. The van der Waals surface area contributed by atoms with Crippen molar-refractivity contribution in [3.05, 3.63) is 59.4 Å². The third-order valence-corrected chi connectivity index (χ3v) is 4.57. The quantitative estimate of drug-likeness (QED) is 0.545. The summed E-state index contributed by atoms with van der Waals surface area (Å²) in [5.74, 6) is 1.56. The monoisotopic (exact) mass is 382 g/mol. The van der Waals surface area contributed by atoms with Crippen molar-refractivity contribution in [3.63, 3.8) is 0 Å². The van der Waals surface area contributed by atoms with E-state index in [1.807, 2.05) is 35.7 Å². The first-order valence-electron chi connectivity index (χ1n) is 7.99. The summed E-state index contributed by atoms with van der Waals surface area (Å²) in [4.78, 5) is 17.4. The Morgan fingerprint density at radius 1 is 1.19 bits per heavy atom. The van der Waals surface area contributed by atoms with Gasteiger partial charge in [0.25, 0.3) is 5.91 Å². The number of methoxy groups -OCH3 is 1. The van der Waals surface area contributed by atoms with Gasteiger partial charge < -0.3 is 19.1 Å². The first-order valence-corrected chi connectivity index (χ1v) is 8.86. The van der Waals surface area contributed by atoms with Crippen LogP contribution in [0, 0.1) is 0 Å². The number of aromatic nitrogens is 3. The Morgan fingerprint density at radius 2 is 2.11 bits per heavy atom. The Hall–Kier alpha value is -3.46. The van der Waals surface area contributed by atoms with Crippen LogP contribution in [0.25, 0.3) is 22.0 Å². The van der Waals surface area contributed by atoms with Gasteiger partial charge in [0.15, 0.2) is 11.5 Å². The Morgan fingerprint density at radius 3 is 2.93 bits per heavy atom. The maximum Gasteiger partial charge on any atom is 0.273 e. The molecule has 136 valence electrons. The summed E-state index contributed by atoms with van der Waals surface area (Å²) in [5.41, 5.74) is 0.921. The number of hydrogen-bond acceptors (Lipinski definition) is 8. The molecule has 0 aliphatic carbocycles. The second-order valence-corrected chi connectivity index (χ2v) is 6.43. The first-order chi connectivity index (χ1) is 13.2. The smallest absolute Gasteiger partial charge is 0.273 e. The second-order valence-electron chi connectivity index (χ2n) is 5.48. The molecule has 0 radical (unpaired) electrons. The number of nitrogens with one attached hydrogen (secondary N) is 1. The highest BCUT2D eigenvalue weighted by atomic mass is 32.1. The molecule has 1 aromatic carbocycles. The molecule has 0 aliphatic rings. The lowest BCUT2D eigenvalue weighted by molar-refractivity contribution is 0.0937. The van der Waals surface area contributed by atoms with Crippen molar-refractivity contribution < 1.29 is 18.6 Å². The third kappa shape index (κ3) is 3.72. The van der Waals surface area contributed by atoms with Gasteiger partial charge in [0, 0.05) is 11.6 Å². The summed E-state index contributed by atoms with van der Waals surface area (Å²) in [7, 11) is 1.58. The average Bonchev–Trinajstić information content (AvgIpc) is 3.47. The van der Waals surface area contributed by atoms with E-state index in [4.69, 9.17) is 13.8 Å². The molecule has 0 unspecified atom stereocenters. The van der Waals surface area contributed by atoms with Gasteiger partial charge in [0.1, 0.15) is 5.75 Å². The fraction of sp³-hybridized carbons (Fsp3) is 0.111. The average molecular weight is 382 g/mol. The molecule has 9 heteroatoms. The van der Waals surface area contributed by atoms with Crippen LogP contribution in [0.2, 0.25) is 0 Å². The highest BCUT2D eigenvalue weighted by molar-refractivity contribution is 7.13. The van der Waals surface area contributed by atoms with E-state index in [0.29, 0.717) is 23.2 Å². The largest absolute Gasteiger partial charge is 0.497 e. The maximum absolute atomic E-state index is 12.3. The summed E-state index contributed by atoms with van der Waals surface area (Å²) < 4.78 is 15.6. The Labute approximate surface area is 157 Å². The molecule has 4 rings (SSSR count). The summed E-state index contributed by atoms with van der Waals surface area (Å²) in [5, 5.41) is 12.3. The van der Waals surface area contributed by atoms with E-state index in [1.54, 1.807) is 19.2 Å². The third-order valence-electron chi connectivity index (χ3n) is 3.71. The molecule has 0 fully saturated rings. The standard InChI is InChI=1S/C18H14N4O4S/c1-24-12-5-2-4-11(8-12)14-9-13(21-25-14)18(23)19-10-16-20-17(22-26-16)15-6-3-7-27-15/h2-9H,10H2,1H3,(H,19,23). The zero-order chi connectivity index (χ0) is 18.6. The number of rotatable bonds is 6. The number of carbonyl (C=O) groups is 1. The van der Waals surface area contributed by atoms with Crippen molar-refractivity contribution >= 4 is 17.2 Å². The van der Waals surface area contributed by atoms with E-state index >= 15 is 0 Å². The van der Waals surface area contributed by atoms with E-state index < -0.39 is 5.91 Å². The fourth-order valence-electron chi connectivity index (χ4n) is 2.37. The molecule has 0 saturated carbocycles. The van der Waals surface area contributed by atoms with E-state index in [0.717, 1.165) is 10.4 Å². The summed E-state index contributed by atoms with van der Waals surface area (Å²) >= 11 is 1.51. The molecule has 0 saturated heterocycles. The molecule has 0 bridgehead atoms. The minimum absolute atomic E-state index is 0.0958. The number of thiophene rings is 1. The minimum Gasteiger partial charge on any atom is -0.497 e. The molecule has 0 aliphatic heterocycles. The molecular weight excluding hydrogens is 368 g/mol. The summed E-state index contributed by atoms with van der Waals surface area (Å²) in [6.45, 7) is 0.0958. The number of hydrogen-bond donors (Lipinski definition) is 1. The first kappa shape index (κ1) is 17.0. The maximum atomic E-state index is 12.3. The normalized spacial score (nSPS) is 10.7. The van der Waals surface area contributed by atoms with Gasteiger partial charge in [-0.05, 0) is 23.6 Å². The van der Waals surface area contributed by atoms with Crippen LogP contribution in [0.1, 0.15) is 16.4 Å². The van der Waals surface area contributed by atoms with Crippen molar-refractivity contribution in [1.82, 2.24) is 20.6 Å². The van der Waals surface area contributed by atoms with E-state index in [9.17, 15) is 4.79 Å². The summed E-state index contributed by atoms with van der Waals surface area (Å²) in [6, 6.07) is 12.7. The lowest BCUT2D eigenvalue weighted by Crippen LogP contribution is -2.23. The molecule has 1 N–H and O–H groups in total. The van der Waals surface area contributed by atoms with Crippen LogP contribution in [-0.4, -0.2) is 28.3 Å². The lowest BCUT2D eigenvalue weighted by Gasteiger charge is -2.00. The van der Waals surface area contributed by atoms with Crippen LogP contribution in [0.4, 0.5) is 0 Å². The topological polar surface area (TPSA) is 103 Å². The predicted octanol–water partition coefficient (Wildman–Crippen LogP) is 3.39. The number of nitrogens with zero attached hydrogens (tertiary/aromatic N) is 3. The van der Waals surface area contributed by atoms with E-state index in [2.05, 4.69) is 20.6 Å². The number of benzene rings is 1. The second kappa shape index (κ2) is 7.42. The molecule has 8 nitrogen and oxygen atoms in total. The van der Waals surface area contributed by atoms with Crippen molar-refractivity contribution in [1.29, 1.82) is 0 Å². The van der Waals surface area contributed by atoms with Gasteiger partial charge in [0.2, 0.25) is 11.7 Å². The van der Waals surface area contributed by atoms with E-state index in [1.165, 1.54) is 11.3 Å². The van der Waals surface area contributed by atoms with Crippen LogP contribution in [0.5, 0.6) is 5.75 Å². The van der Waals surface area contributed by atoms with Crippen LogP contribution in [0.3, 0.4) is 0 Å². The molecule has 0 spiro atoms. The van der Waals surface area contributed by atoms with Crippen molar-refractivity contribution in [3.8, 4) is 27.8 Å². The van der Waals surface area contributed by atoms with Gasteiger partial charge in [0.05, 0.1) is 18.5 Å². The van der Waals surface area contributed by atoms with Crippen molar-refractivity contribution in [2.75, 3.05) is 7.11 Å². The van der Waals surface area contributed by atoms with Crippen LogP contribution in [0.15, 0.2) is 56.9 Å². The van der Waals surface area contributed by atoms with Crippen LogP contribution >= 0.6 is 11.3 Å². The highest BCUT2D eigenvalue weighted by Gasteiger charge is 2.16. The molecular formula is C18H14N4O4S. The Kier molecular flexibility index (Phi) is 4.67. The number of carbonyl (C=O) groups excluding carboxylic acids is 1. The Balaban J connectivity index is 1.41. The van der Waals surface area contributed by atoms with Crippen LogP contribution < -0.4 is 10.1 Å². The van der Waals surface area contributed by atoms with E-state index in [-0.39, 0.29) is 12.2 Å². The van der Waals surface area contributed by atoms with Gasteiger partial charge in [-0.1, -0.05) is 28.5 Å². The van der Waals surface area contributed by atoms with Gasteiger partial charge >= 0.3 is 0 Å². The van der Waals surface area contributed by atoms with Crippen molar-refractivity contribution in [2.24, 2.45) is 0 Å². The zero-order valence-electron chi connectivity index (χ0n) is 14.2. The molecule has 0 atom stereocenters. The van der Waals surface area contributed by atoms with Gasteiger partial charge in [-0.15, -0.1) is 11.3 Å². The minimum atomic E-state index is -0.399. The predicted molar refractivity (Wildman–Crippen MR) is 97.3 cm³/mol. The number of ether oxygens (including phenoxy) is 1. The fourth-order valence-corrected chi connectivity index (χ4v) is 3.02. The molecule has 4 aromatic rings. The molecule has 3 heterocycles.